The zero-order valence-electron chi connectivity index (χ0n) is 20.5. The molecule has 0 saturated heterocycles. The van der Waals surface area contributed by atoms with Crippen LogP contribution in [0.4, 0.5) is 0 Å². The van der Waals surface area contributed by atoms with E-state index in [2.05, 4.69) is 20.8 Å². The maximum Gasteiger partial charge on any atom is 0.133 e. The molecule has 3 nitrogen and oxygen atoms in total. The molecule has 0 unspecified atom stereocenters. The maximum atomic E-state index is 12.9. The van der Waals surface area contributed by atoms with E-state index in [-0.39, 0.29) is 16.2 Å². The van der Waals surface area contributed by atoms with Gasteiger partial charge in [-0.2, -0.15) is 0 Å². The van der Waals surface area contributed by atoms with Crippen LogP contribution >= 0.6 is 0 Å². The highest BCUT2D eigenvalue weighted by molar-refractivity contribution is 5.81. The van der Waals surface area contributed by atoms with Crippen molar-refractivity contribution in [1.82, 2.24) is 0 Å². The minimum absolute atomic E-state index is 0.0559. The molecule has 0 aromatic heterocycles. The molecule has 0 amide bonds. The zero-order valence-corrected chi connectivity index (χ0v) is 20.5. The van der Waals surface area contributed by atoms with Crippen molar-refractivity contribution in [2.75, 3.05) is 0 Å². The average molecular weight is 431 g/mol. The quantitative estimate of drug-likeness (QED) is 0.272. The SMILES string of the molecule is CCCCC(=O)CC12CC3CC(CC(=O)CCCC)(C1)CC(CC(=O)CCCC)(C3)C2. The Morgan fingerprint density at radius 2 is 0.871 bits per heavy atom. The second kappa shape index (κ2) is 10.3. The van der Waals surface area contributed by atoms with Crippen LogP contribution in [0.5, 0.6) is 0 Å². The van der Waals surface area contributed by atoms with E-state index >= 15 is 0 Å². The van der Waals surface area contributed by atoms with E-state index in [1.807, 2.05) is 0 Å². The van der Waals surface area contributed by atoms with Crippen molar-refractivity contribution < 1.29 is 14.4 Å². The molecule has 0 aromatic rings. The minimum atomic E-state index is 0.0559. The first-order valence-corrected chi connectivity index (χ1v) is 13.3. The van der Waals surface area contributed by atoms with Gasteiger partial charge in [0.2, 0.25) is 0 Å². The molecule has 4 aliphatic rings. The monoisotopic (exact) mass is 430 g/mol. The largest absolute Gasteiger partial charge is 0.300 e. The third-order valence-electron chi connectivity index (χ3n) is 8.56. The highest BCUT2D eigenvalue weighted by Gasteiger charge is 2.63. The Bertz CT molecular complexity index is 565. The van der Waals surface area contributed by atoms with Gasteiger partial charge in [0, 0.05) is 38.5 Å². The van der Waals surface area contributed by atoms with Crippen molar-refractivity contribution in [3.8, 4) is 0 Å². The van der Waals surface area contributed by atoms with E-state index in [9.17, 15) is 14.4 Å². The van der Waals surface area contributed by atoms with Gasteiger partial charge in [-0.25, -0.2) is 0 Å². The van der Waals surface area contributed by atoms with Gasteiger partial charge in [0.25, 0.3) is 0 Å². The predicted octanol–water partition coefficient (Wildman–Crippen LogP) is 7.39. The average Bonchev–Trinajstić information content (AvgIpc) is 2.67. The maximum absolute atomic E-state index is 12.9. The molecule has 4 rings (SSSR count). The zero-order chi connectivity index (χ0) is 22.5. The van der Waals surface area contributed by atoms with E-state index in [1.54, 1.807) is 0 Å². The summed E-state index contributed by atoms with van der Waals surface area (Å²) in [4.78, 5) is 38.7. The van der Waals surface area contributed by atoms with E-state index < -0.39 is 0 Å². The van der Waals surface area contributed by atoms with Crippen molar-refractivity contribution >= 4 is 17.3 Å². The summed E-state index contributed by atoms with van der Waals surface area (Å²) in [6.45, 7) is 6.43. The number of hydrogen-bond donors (Lipinski definition) is 0. The van der Waals surface area contributed by atoms with Gasteiger partial charge in [-0.15, -0.1) is 0 Å². The molecular formula is C28H46O3. The van der Waals surface area contributed by atoms with Crippen LogP contribution in [-0.4, -0.2) is 17.3 Å². The summed E-state index contributed by atoms with van der Waals surface area (Å²) in [5.41, 5.74) is 0.168. The summed E-state index contributed by atoms with van der Waals surface area (Å²) >= 11 is 0. The Morgan fingerprint density at radius 3 is 1.13 bits per heavy atom. The first-order valence-electron chi connectivity index (χ1n) is 13.3. The fraction of sp³-hybridized carbons (Fsp3) is 0.893. The molecule has 0 radical (unpaired) electrons. The predicted molar refractivity (Wildman–Crippen MR) is 126 cm³/mol. The Hall–Kier alpha value is -0.990. The smallest absolute Gasteiger partial charge is 0.133 e. The van der Waals surface area contributed by atoms with E-state index in [0.29, 0.717) is 61.8 Å². The fourth-order valence-corrected chi connectivity index (χ4v) is 8.29. The number of carbonyl (C=O) groups excluding carboxylic acids is 3. The van der Waals surface area contributed by atoms with Gasteiger partial charge in [0.15, 0.2) is 0 Å². The number of unbranched alkanes of at least 4 members (excludes halogenated alkanes) is 3. The molecule has 0 spiro atoms. The lowest BCUT2D eigenvalue weighted by Crippen LogP contribution is -2.58. The minimum Gasteiger partial charge on any atom is -0.300 e. The van der Waals surface area contributed by atoms with Crippen molar-refractivity contribution in [3.05, 3.63) is 0 Å². The van der Waals surface area contributed by atoms with Gasteiger partial charge in [0.05, 0.1) is 0 Å². The van der Waals surface area contributed by atoms with Gasteiger partial charge >= 0.3 is 0 Å². The lowest BCUT2D eigenvalue weighted by Gasteiger charge is -2.67. The van der Waals surface area contributed by atoms with Crippen LogP contribution in [0.3, 0.4) is 0 Å². The third kappa shape index (κ3) is 6.08. The van der Waals surface area contributed by atoms with Crippen LogP contribution in [0.1, 0.15) is 136 Å². The molecule has 0 N–H and O–H groups in total. The molecule has 176 valence electrons. The van der Waals surface area contributed by atoms with Crippen LogP contribution in [0.2, 0.25) is 0 Å². The van der Waals surface area contributed by atoms with Crippen LogP contribution in [0, 0.1) is 22.2 Å². The van der Waals surface area contributed by atoms with Crippen molar-refractivity contribution in [1.29, 1.82) is 0 Å². The van der Waals surface area contributed by atoms with E-state index in [0.717, 1.165) is 77.0 Å². The first-order chi connectivity index (χ1) is 14.8. The third-order valence-corrected chi connectivity index (χ3v) is 8.56. The number of ketones is 3. The Balaban J connectivity index is 1.82. The standard InChI is InChI=1S/C28H46O3/c1-4-7-10-23(29)16-26-13-22-14-27(19-26,17-24(30)11-8-5-2)21-28(15-22,20-26)18-25(31)12-9-6-3/h22H,4-21H2,1-3H3. The Labute approximate surface area is 190 Å². The molecule has 0 atom stereocenters. The van der Waals surface area contributed by atoms with E-state index in [1.165, 1.54) is 0 Å². The lowest BCUT2D eigenvalue weighted by molar-refractivity contribution is -0.174. The number of Topliss-reactive ketones (excluding diaryl/α,β-unsaturated/α-hetero) is 3. The molecular weight excluding hydrogens is 384 g/mol. The van der Waals surface area contributed by atoms with Crippen LogP contribution < -0.4 is 0 Å². The molecule has 0 heterocycles. The highest BCUT2D eigenvalue weighted by Crippen LogP contribution is 2.72. The number of carbonyl (C=O) groups is 3. The van der Waals surface area contributed by atoms with Crippen LogP contribution in [0.15, 0.2) is 0 Å². The molecule has 3 heteroatoms. The molecule has 4 fully saturated rings. The Kier molecular flexibility index (Phi) is 8.19. The number of hydrogen-bond acceptors (Lipinski definition) is 3. The van der Waals surface area contributed by atoms with E-state index in [4.69, 9.17) is 0 Å². The molecule has 31 heavy (non-hydrogen) atoms. The second-order valence-corrected chi connectivity index (χ2v) is 12.0. The number of rotatable bonds is 15. The van der Waals surface area contributed by atoms with Gasteiger partial charge in [-0.05, 0) is 80.0 Å². The summed E-state index contributed by atoms with van der Waals surface area (Å²) in [5, 5.41) is 0. The molecule has 0 aliphatic heterocycles. The van der Waals surface area contributed by atoms with Gasteiger partial charge in [-0.1, -0.05) is 40.0 Å². The van der Waals surface area contributed by atoms with Crippen LogP contribution in [-0.2, 0) is 14.4 Å². The van der Waals surface area contributed by atoms with Crippen molar-refractivity contribution in [3.63, 3.8) is 0 Å². The van der Waals surface area contributed by atoms with Gasteiger partial charge in [-0.3, -0.25) is 14.4 Å². The summed E-state index contributed by atoms with van der Waals surface area (Å²) in [7, 11) is 0. The second-order valence-electron chi connectivity index (χ2n) is 12.0. The van der Waals surface area contributed by atoms with Gasteiger partial charge < -0.3 is 0 Å². The lowest BCUT2D eigenvalue weighted by atomic mass is 9.37. The normalized spacial score (nSPS) is 33.6. The summed E-state index contributed by atoms with van der Waals surface area (Å²) in [6.07, 6.45) is 17.0. The molecule has 4 bridgehead atoms. The molecule has 4 saturated carbocycles. The summed E-state index contributed by atoms with van der Waals surface area (Å²) < 4.78 is 0. The fourth-order valence-electron chi connectivity index (χ4n) is 8.29. The van der Waals surface area contributed by atoms with Gasteiger partial charge in [0.1, 0.15) is 17.3 Å². The first kappa shape index (κ1) is 24.6. The molecule has 0 aromatic carbocycles. The van der Waals surface area contributed by atoms with Crippen molar-refractivity contribution in [2.24, 2.45) is 22.2 Å². The molecule has 4 aliphatic carbocycles. The topological polar surface area (TPSA) is 51.2 Å². The summed E-state index contributed by atoms with van der Waals surface area (Å²) in [6, 6.07) is 0. The van der Waals surface area contributed by atoms with Crippen LogP contribution in [0.25, 0.3) is 0 Å². The Morgan fingerprint density at radius 1 is 0.581 bits per heavy atom. The van der Waals surface area contributed by atoms with Crippen molar-refractivity contribution in [2.45, 2.75) is 136 Å². The summed E-state index contributed by atoms with van der Waals surface area (Å²) in [5.74, 6) is 1.87. The highest BCUT2D eigenvalue weighted by atomic mass is 16.1.